The molecule has 1 atom stereocenters. The SMILES string of the molecule is CCNC(C)c1ccc(-c2cn(C)nc2CC)cc1Cl. The van der Waals surface area contributed by atoms with Crippen molar-refractivity contribution in [3.63, 3.8) is 0 Å². The fraction of sp³-hybridized carbons (Fsp3) is 0.438. The molecular formula is C16H22ClN3. The Hall–Kier alpha value is -1.32. The van der Waals surface area contributed by atoms with Crippen molar-refractivity contribution in [3.8, 4) is 11.1 Å². The fourth-order valence-corrected chi connectivity index (χ4v) is 2.84. The number of benzene rings is 1. The molecule has 0 spiro atoms. The van der Waals surface area contributed by atoms with E-state index >= 15 is 0 Å². The fourth-order valence-electron chi connectivity index (χ4n) is 2.50. The second-order valence-electron chi connectivity index (χ2n) is 5.03. The molecule has 0 bridgehead atoms. The molecule has 1 aromatic carbocycles. The highest BCUT2D eigenvalue weighted by Crippen LogP contribution is 2.30. The Morgan fingerprint density at radius 2 is 2.10 bits per heavy atom. The molecular weight excluding hydrogens is 270 g/mol. The number of nitrogens with one attached hydrogen (secondary N) is 1. The molecule has 2 aromatic rings. The first kappa shape index (κ1) is 15.1. The molecule has 0 fully saturated rings. The maximum Gasteiger partial charge on any atom is 0.0700 e. The Balaban J connectivity index is 2.37. The van der Waals surface area contributed by atoms with Gasteiger partial charge in [0.05, 0.1) is 5.69 Å². The maximum atomic E-state index is 6.45. The highest BCUT2D eigenvalue weighted by atomic mass is 35.5. The Labute approximate surface area is 126 Å². The second kappa shape index (κ2) is 6.42. The summed E-state index contributed by atoms with van der Waals surface area (Å²) in [7, 11) is 1.95. The van der Waals surface area contributed by atoms with Crippen LogP contribution in [0.5, 0.6) is 0 Å². The first-order valence-electron chi connectivity index (χ1n) is 7.12. The van der Waals surface area contributed by atoms with Crippen LogP contribution in [0.25, 0.3) is 11.1 Å². The van der Waals surface area contributed by atoms with Gasteiger partial charge in [-0.1, -0.05) is 37.6 Å². The molecule has 1 aromatic heterocycles. The molecule has 108 valence electrons. The van der Waals surface area contributed by atoms with Crippen LogP contribution in [-0.4, -0.2) is 16.3 Å². The second-order valence-corrected chi connectivity index (χ2v) is 5.44. The van der Waals surface area contributed by atoms with E-state index in [-0.39, 0.29) is 6.04 Å². The van der Waals surface area contributed by atoms with Gasteiger partial charge in [0, 0.05) is 29.9 Å². The van der Waals surface area contributed by atoms with Crippen molar-refractivity contribution in [2.24, 2.45) is 7.05 Å². The van der Waals surface area contributed by atoms with Crippen molar-refractivity contribution in [1.82, 2.24) is 15.1 Å². The van der Waals surface area contributed by atoms with Crippen LogP contribution in [0.1, 0.15) is 38.1 Å². The summed E-state index contributed by atoms with van der Waals surface area (Å²) in [6.07, 6.45) is 2.97. The molecule has 0 aliphatic carbocycles. The number of aromatic nitrogens is 2. The van der Waals surface area contributed by atoms with Gasteiger partial charge in [-0.25, -0.2) is 0 Å². The van der Waals surface area contributed by atoms with E-state index in [1.54, 1.807) is 0 Å². The summed E-state index contributed by atoms with van der Waals surface area (Å²) in [4.78, 5) is 0. The Morgan fingerprint density at radius 3 is 2.70 bits per heavy atom. The van der Waals surface area contributed by atoms with Gasteiger partial charge in [-0.15, -0.1) is 0 Å². The summed E-state index contributed by atoms with van der Waals surface area (Å²) in [6.45, 7) is 7.28. The summed E-state index contributed by atoms with van der Waals surface area (Å²) in [5.74, 6) is 0. The van der Waals surface area contributed by atoms with E-state index in [1.807, 2.05) is 17.8 Å². The average Bonchev–Trinajstić information content (AvgIpc) is 2.80. The van der Waals surface area contributed by atoms with E-state index in [4.69, 9.17) is 11.6 Å². The van der Waals surface area contributed by atoms with Crippen molar-refractivity contribution in [2.45, 2.75) is 33.2 Å². The van der Waals surface area contributed by atoms with E-state index in [1.165, 1.54) is 5.56 Å². The highest BCUT2D eigenvalue weighted by Gasteiger charge is 2.13. The number of hydrogen-bond donors (Lipinski definition) is 1. The minimum absolute atomic E-state index is 0.265. The average molecular weight is 292 g/mol. The van der Waals surface area contributed by atoms with Crippen LogP contribution in [0.2, 0.25) is 5.02 Å². The standard InChI is InChI=1S/C16H22ClN3/c1-5-16-14(10-20(4)19-16)12-7-8-13(15(17)9-12)11(3)18-6-2/h7-11,18H,5-6H2,1-4H3. The van der Waals surface area contributed by atoms with Crippen LogP contribution in [0.15, 0.2) is 24.4 Å². The van der Waals surface area contributed by atoms with Crippen molar-refractivity contribution in [2.75, 3.05) is 6.54 Å². The van der Waals surface area contributed by atoms with Gasteiger partial charge in [-0.3, -0.25) is 4.68 Å². The molecule has 2 rings (SSSR count). The molecule has 0 amide bonds. The third-order valence-corrected chi connectivity index (χ3v) is 3.86. The van der Waals surface area contributed by atoms with Crippen molar-refractivity contribution < 1.29 is 0 Å². The van der Waals surface area contributed by atoms with Gasteiger partial charge in [-0.05, 0) is 37.1 Å². The van der Waals surface area contributed by atoms with Gasteiger partial charge >= 0.3 is 0 Å². The Bertz CT molecular complexity index is 589. The zero-order chi connectivity index (χ0) is 14.7. The van der Waals surface area contributed by atoms with E-state index in [2.05, 4.69) is 49.5 Å². The van der Waals surface area contributed by atoms with Crippen molar-refractivity contribution in [3.05, 3.63) is 40.7 Å². The van der Waals surface area contributed by atoms with E-state index in [0.29, 0.717) is 0 Å². The summed E-state index contributed by atoms with van der Waals surface area (Å²) in [5.41, 5.74) is 4.54. The van der Waals surface area contributed by atoms with Gasteiger partial charge < -0.3 is 5.32 Å². The van der Waals surface area contributed by atoms with Crippen LogP contribution in [0.3, 0.4) is 0 Å². The largest absolute Gasteiger partial charge is 0.310 e. The Morgan fingerprint density at radius 1 is 1.35 bits per heavy atom. The normalized spacial score (nSPS) is 12.7. The lowest BCUT2D eigenvalue weighted by atomic mass is 10.0. The number of rotatable bonds is 5. The maximum absolute atomic E-state index is 6.45. The van der Waals surface area contributed by atoms with E-state index in [9.17, 15) is 0 Å². The molecule has 0 radical (unpaired) electrons. The van der Waals surface area contributed by atoms with Gasteiger partial charge in [0.1, 0.15) is 0 Å². The van der Waals surface area contributed by atoms with Crippen molar-refractivity contribution in [1.29, 1.82) is 0 Å². The molecule has 4 heteroatoms. The van der Waals surface area contributed by atoms with E-state index < -0.39 is 0 Å². The minimum atomic E-state index is 0.265. The summed E-state index contributed by atoms with van der Waals surface area (Å²) >= 11 is 6.45. The summed E-state index contributed by atoms with van der Waals surface area (Å²) in [6, 6.07) is 6.55. The number of nitrogens with zero attached hydrogens (tertiary/aromatic N) is 2. The zero-order valence-corrected chi connectivity index (χ0v) is 13.3. The van der Waals surface area contributed by atoms with Crippen LogP contribution in [0, 0.1) is 0 Å². The van der Waals surface area contributed by atoms with Crippen molar-refractivity contribution >= 4 is 11.6 Å². The van der Waals surface area contributed by atoms with Crippen LogP contribution >= 0.6 is 11.6 Å². The monoisotopic (exact) mass is 291 g/mol. The molecule has 3 nitrogen and oxygen atoms in total. The predicted octanol–water partition coefficient (Wildman–Crippen LogP) is 3.97. The number of halogens is 1. The van der Waals surface area contributed by atoms with Crippen LogP contribution in [-0.2, 0) is 13.5 Å². The molecule has 0 aliphatic heterocycles. The van der Waals surface area contributed by atoms with Gasteiger partial charge in [0.15, 0.2) is 0 Å². The lowest BCUT2D eigenvalue weighted by Crippen LogP contribution is -2.17. The molecule has 0 saturated heterocycles. The van der Waals surface area contributed by atoms with Gasteiger partial charge in [-0.2, -0.15) is 5.10 Å². The molecule has 0 saturated carbocycles. The van der Waals surface area contributed by atoms with Gasteiger partial charge in [0.25, 0.3) is 0 Å². The van der Waals surface area contributed by atoms with Crippen LogP contribution in [0.4, 0.5) is 0 Å². The third kappa shape index (κ3) is 3.05. The van der Waals surface area contributed by atoms with Crippen LogP contribution < -0.4 is 5.32 Å². The minimum Gasteiger partial charge on any atom is -0.310 e. The predicted molar refractivity (Wildman–Crippen MR) is 85.1 cm³/mol. The molecule has 1 unspecified atom stereocenters. The molecule has 20 heavy (non-hydrogen) atoms. The summed E-state index contributed by atoms with van der Waals surface area (Å²) in [5, 5.41) is 8.68. The summed E-state index contributed by atoms with van der Waals surface area (Å²) < 4.78 is 1.86. The lowest BCUT2D eigenvalue weighted by Gasteiger charge is -2.15. The highest BCUT2D eigenvalue weighted by molar-refractivity contribution is 6.31. The quantitative estimate of drug-likeness (QED) is 0.903. The number of hydrogen-bond acceptors (Lipinski definition) is 2. The third-order valence-electron chi connectivity index (χ3n) is 3.53. The topological polar surface area (TPSA) is 29.9 Å². The first-order chi connectivity index (χ1) is 9.56. The molecule has 0 aliphatic rings. The first-order valence-corrected chi connectivity index (χ1v) is 7.50. The van der Waals surface area contributed by atoms with E-state index in [0.717, 1.165) is 34.8 Å². The Kier molecular flexibility index (Phi) is 4.84. The molecule has 1 heterocycles. The smallest absolute Gasteiger partial charge is 0.0700 e. The number of aryl methyl sites for hydroxylation is 2. The van der Waals surface area contributed by atoms with Gasteiger partial charge in [0.2, 0.25) is 0 Å². The lowest BCUT2D eigenvalue weighted by molar-refractivity contribution is 0.598. The zero-order valence-electron chi connectivity index (χ0n) is 12.6. The molecule has 1 N–H and O–H groups in total.